The quantitative estimate of drug-likeness (QED) is 0.606. The van der Waals surface area contributed by atoms with Gasteiger partial charge >= 0.3 is 0 Å². The first-order valence-electron chi connectivity index (χ1n) is 6.44. The highest BCUT2D eigenvalue weighted by Crippen LogP contribution is 2.59. The number of carbonyl (C=O) groups excluding carboxylic acids is 1. The summed E-state index contributed by atoms with van der Waals surface area (Å²) >= 11 is 3.64. The van der Waals surface area contributed by atoms with Gasteiger partial charge in [-0.1, -0.05) is 43.1 Å². The lowest BCUT2D eigenvalue weighted by molar-refractivity contribution is -0.145. The van der Waals surface area contributed by atoms with Crippen LogP contribution >= 0.6 is 15.9 Å². The van der Waals surface area contributed by atoms with Crippen LogP contribution in [0.4, 0.5) is 0 Å². The van der Waals surface area contributed by atoms with Gasteiger partial charge < -0.3 is 0 Å². The van der Waals surface area contributed by atoms with Crippen LogP contribution in [0.1, 0.15) is 59.8 Å². The van der Waals surface area contributed by atoms with Gasteiger partial charge in [0.1, 0.15) is 0 Å². The minimum atomic E-state index is -0.272. The second kappa shape index (κ2) is 3.57. The fourth-order valence-electron chi connectivity index (χ4n) is 4.23. The van der Waals surface area contributed by atoms with Gasteiger partial charge in [-0.2, -0.15) is 0 Å². The summed E-state index contributed by atoms with van der Waals surface area (Å²) < 4.78 is -0.272. The molecule has 0 aromatic carbocycles. The first-order chi connectivity index (χ1) is 7.20. The van der Waals surface area contributed by atoms with Crippen molar-refractivity contribution in [1.82, 2.24) is 0 Å². The average Bonchev–Trinajstić information content (AvgIpc) is 2.12. The Hall–Kier alpha value is 0.150. The maximum Gasteiger partial charge on any atom is 0.155 e. The van der Waals surface area contributed by atoms with E-state index >= 15 is 0 Å². The fraction of sp³-hybridized carbons (Fsp3) is 0.929. The zero-order valence-electron chi connectivity index (χ0n) is 10.9. The molecule has 2 heteroatoms. The first kappa shape index (κ1) is 12.6. The molecule has 0 amide bonds. The Bertz CT molecular complexity index is 319. The summed E-state index contributed by atoms with van der Waals surface area (Å²) in [5, 5.41) is 0. The van der Waals surface area contributed by atoms with Crippen molar-refractivity contribution in [3.05, 3.63) is 0 Å². The largest absolute Gasteiger partial charge is 0.298 e. The zero-order valence-corrected chi connectivity index (χ0v) is 12.5. The third-order valence-electron chi connectivity index (χ3n) is 5.12. The molecule has 2 rings (SSSR count). The Morgan fingerprint density at radius 2 is 1.75 bits per heavy atom. The Morgan fingerprint density at radius 3 is 2.38 bits per heavy atom. The molecule has 0 saturated heterocycles. The summed E-state index contributed by atoms with van der Waals surface area (Å²) in [6.45, 7) is 8.95. The molecule has 2 fully saturated rings. The second-order valence-corrected chi connectivity index (χ2v) is 8.63. The summed E-state index contributed by atoms with van der Waals surface area (Å²) in [5.41, 5.74) is 0.254. The maximum absolute atomic E-state index is 12.6. The lowest BCUT2D eigenvalue weighted by Gasteiger charge is -2.55. The number of rotatable bonds is 0. The van der Waals surface area contributed by atoms with Crippen LogP contribution in [0.15, 0.2) is 0 Å². The van der Waals surface area contributed by atoms with Crippen molar-refractivity contribution in [3.8, 4) is 0 Å². The molecule has 0 heterocycles. The number of hydrogen-bond acceptors (Lipinski definition) is 1. The monoisotopic (exact) mass is 286 g/mol. The van der Waals surface area contributed by atoms with Crippen LogP contribution in [-0.4, -0.2) is 10.1 Å². The highest BCUT2D eigenvalue weighted by molar-refractivity contribution is 9.10. The predicted octanol–water partition coefficient (Wildman–Crippen LogP) is 4.34. The van der Waals surface area contributed by atoms with Crippen LogP contribution in [0, 0.1) is 16.7 Å². The van der Waals surface area contributed by atoms with Gasteiger partial charge in [0.25, 0.3) is 0 Å². The van der Waals surface area contributed by atoms with Crippen molar-refractivity contribution in [3.63, 3.8) is 0 Å². The van der Waals surface area contributed by atoms with Crippen LogP contribution in [0.2, 0.25) is 0 Å². The summed E-state index contributed by atoms with van der Waals surface area (Å²) in [4.78, 5) is 12.6. The van der Waals surface area contributed by atoms with Crippen molar-refractivity contribution < 1.29 is 4.79 Å². The fourth-order valence-corrected chi connectivity index (χ4v) is 4.91. The number of hydrogen-bond donors (Lipinski definition) is 0. The van der Waals surface area contributed by atoms with E-state index < -0.39 is 0 Å². The van der Waals surface area contributed by atoms with Crippen molar-refractivity contribution in [2.45, 2.75) is 64.1 Å². The third-order valence-corrected chi connectivity index (χ3v) is 5.88. The SMILES string of the molecule is CC1(Br)CC[C@H]2C(C)(C)CCC[C@]2(C)C1=O. The molecular formula is C14H23BrO. The van der Waals surface area contributed by atoms with E-state index in [9.17, 15) is 4.79 Å². The molecule has 2 aliphatic rings. The molecule has 0 bridgehead atoms. The standard InChI is InChI=1S/C14H23BrO/c1-12(2)7-5-8-13(3)10(12)6-9-14(4,15)11(13)16/h10H,5-9H2,1-4H3/t10-,13-,14?/m0/s1. The lowest BCUT2D eigenvalue weighted by atomic mass is 9.50. The van der Waals surface area contributed by atoms with Crippen molar-refractivity contribution in [1.29, 1.82) is 0 Å². The molecule has 2 saturated carbocycles. The number of carbonyl (C=O) groups is 1. The Balaban J connectivity index is 2.38. The zero-order chi connectivity index (χ0) is 12.2. The van der Waals surface area contributed by atoms with E-state index in [-0.39, 0.29) is 9.74 Å². The van der Waals surface area contributed by atoms with Crippen LogP contribution in [0.25, 0.3) is 0 Å². The van der Waals surface area contributed by atoms with Gasteiger partial charge in [-0.3, -0.25) is 4.79 Å². The van der Waals surface area contributed by atoms with Gasteiger partial charge in [-0.25, -0.2) is 0 Å². The molecule has 0 aliphatic heterocycles. The number of alkyl halides is 1. The van der Waals surface area contributed by atoms with E-state index in [4.69, 9.17) is 0 Å². The van der Waals surface area contributed by atoms with E-state index in [0.717, 1.165) is 12.8 Å². The lowest BCUT2D eigenvalue weighted by Crippen LogP contribution is -2.56. The van der Waals surface area contributed by atoms with Crippen LogP contribution in [-0.2, 0) is 4.79 Å². The van der Waals surface area contributed by atoms with Crippen LogP contribution < -0.4 is 0 Å². The highest BCUT2D eigenvalue weighted by atomic mass is 79.9. The summed E-state index contributed by atoms with van der Waals surface area (Å²) in [7, 11) is 0. The van der Waals surface area contributed by atoms with Crippen molar-refractivity contribution >= 4 is 21.7 Å². The predicted molar refractivity (Wildman–Crippen MR) is 70.8 cm³/mol. The third kappa shape index (κ3) is 1.68. The molecule has 92 valence electrons. The molecule has 0 aromatic heterocycles. The molecule has 2 aliphatic carbocycles. The molecule has 16 heavy (non-hydrogen) atoms. The summed E-state index contributed by atoms with van der Waals surface area (Å²) in [5.74, 6) is 1.02. The number of fused-ring (bicyclic) bond motifs is 1. The van der Waals surface area contributed by atoms with Crippen molar-refractivity contribution in [2.75, 3.05) is 0 Å². The Labute approximate surface area is 108 Å². The van der Waals surface area contributed by atoms with Gasteiger partial charge in [0, 0.05) is 5.41 Å². The van der Waals surface area contributed by atoms with E-state index in [1.165, 1.54) is 19.3 Å². The molecule has 0 spiro atoms. The number of ketones is 1. The van der Waals surface area contributed by atoms with Gasteiger partial charge in [-0.05, 0) is 43.9 Å². The van der Waals surface area contributed by atoms with E-state index in [2.05, 4.69) is 43.6 Å². The topological polar surface area (TPSA) is 17.1 Å². The molecular weight excluding hydrogens is 264 g/mol. The van der Waals surface area contributed by atoms with Gasteiger partial charge in [0.2, 0.25) is 0 Å². The van der Waals surface area contributed by atoms with Gasteiger partial charge in [-0.15, -0.1) is 0 Å². The summed E-state index contributed by atoms with van der Waals surface area (Å²) in [6, 6.07) is 0. The van der Waals surface area contributed by atoms with E-state index in [1.54, 1.807) is 0 Å². The first-order valence-corrected chi connectivity index (χ1v) is 7.23. The minimum absolute atomic E-state index is 0.0851. The van der Waals surface area contributed by atoms with E-state index in [1.807, 2.05) is 0 Å². The molecule has 1 nitrogen and oxygen atoms in total. The minimum Gasteiger partial charge on any atom is -0.298 e. The molecule has 1 unspecified atom stereocenters. The Kier molecular flexibility index (Phi) is 2.81. The van der Waals surface area contributed by atoms with Crippen LogP contribution in [0.3, 0.4) is 0 Å². The second-order valence-electron chi connectivity index (χ2n) is 6.88. The molecule has 0 N–H and O–H groups in total. The van der Waals surface area contributed by atoms with Gasteiger partial charge in [0.05, 0.1) is 4.32 Å². The normalized spacial score (nSPS) is 47.6. The number of halogens is 1. The van der Waals surface area contributed by atoms with Crippen molar-refractivity contribution in [2.24, 2.45) is 16.7 Å². The average molecular weight is 287 g/mol. The van der Waals surface area contributed by atoms with Crippen LogP contribution in [0.5, 0.6) is 0 Å². The molecule has 0 aromatic rings. The Morgan fingerprint density at radius 1 is 1.12 bits per heavy atom. The van der Waals surface area contributed by atoms with E-state index in [0.29, 0.717) is 17.1 Å². The molecule has 3 atom stereocenters. The highest BCUT2D eigenvalue weighted by Gasteiger charge is 2.57. The number of Topliss-reactive ketones (excluding diaryl/α,β-unsaturated/α-hetero) is 1. The smallest absolute Gasteiger partial charge is 0.155 e. The molecule has 0 radical (unpaired) electrons. The summed E-state index contributed by atoms with van der Waals surface area (Å²) in [6.07, 6.45) is 5.75. The van der Waals surface area contributed by atoms with Gasteiger partial charge in [0.15, 0.2) is 5.78 Å². The maximum atomic E-state index is 12.6.